The van der Waals surface area contributed by atoms with Crippen LogP contribution in [0.1, 0.15) is 31.2 Å². The summed E-state index contributed by atoms with van der Waals surface area (Å²) in [7, 11) is 5.31. The minimum Gasteiger partial charge on any atom is -0.484 e. The second-order valence-electron chi connectivity index (χ2n) is 7.83. The summed E-state index contributed by atoms with van der Waals surface area (Å²) < 4.78 is 5.61. The summed E-state index contributed by atoms with van der Waals surface area (Å²) in [5.74, 6) is 3.33. The first kappa shape index (κ1) is 19.5. The number of nitrogens with zero attached hydrogens (tertiary/aromatic N) is 3. The molecule has 1 heterocycles. The lowest BCUT2D eigenvalue weighted by Crippen LogP contribution is -2.39. The number of likely N-dealkylation sites (N-methyl/N-ethyl adjacent to an activating group) is 1. The Balaban J connectivity index is 1.52. The summed E-state index contributed by atoms with van der Waals surface area (Å²) in [6.45, 7) is 3.00. The van der Waals surface area contributed by atoms with E-state index in [2.05, 4.69) is 21.3 Å². The molecule has 3 rings (SSSR count). The minimum atomic E-state index is -0.0468. The molecule has 1 amide bonds. The van der Waals surface area contributed by atoms with Gasteiger partial charge in [-0.05, 0) is 42.4 Å². The van der Waals surface area contributed by atoms with Gasteiger partial charge in [0.05, 0.1) is 0 Å². The molecular formula is C21H32N4O2. The van der Waals surface area contributed by atoms with Gasteiger partial charge in [0.15, 0.2) is 12.6 Å². The van der Waals surface area contributed by atoms with Crippen LogP contribution in [0.2, 0.25) is 0 Å². The molecule has 1 N–H and O–H groups in total. The van der Waals surface area contributed by atoms with E-state index in [4.69, 9.17) is 4.74 Å². The predicted molar refractivity (Wildman–Crippen MR) is 108 cm³/mol. The zero-order valence-electron chi connectivity index (χ0n) is 16.8. The van der Waals surface area contributed by atoms with Crippen molar-refractivity contribution in [3.63, 3.8) is 0 Å². The molecule has 6 heteroatoms. The Labute approximate surface area is 162 Å². The largest absolute Gasteiger partial charge is 0.484 e. The van der Waals surface area contributed by atoms with Crippen LogP contribution in [-0.2, 0) is 11.3 Å². The maximum Gasteiger partial charge on any atom is 0.259 e. The van der Waals surface area contributed by atoms with E-state index in [-0.39, 0.29) is 12.5 Å². The van der Waals surface area contributed by atoms with Gasteiger partial charge in [0.25, 0.3) is 5.91 Å². The van der Waals surface area contributed by atoms with Gasteiger partial charge in [-0.25, -0.2) is 0 Å². The molecule has 1 aliphatic heterocycles. The fraction of sp³-hybridized carbons (Fsp3) is 0.619. The molecular weight excluding hydrogens is 340 g/mol. The van der Waals surface area contributed by atoms with Crippen LogP contribution in [0.3, 0.4) is 0 Å². The summed E-state index contributed by atoms with van der Waals surface area (Å²) in [6.07, 6.45) is 5.49. The van der Waals surface area contributed by atoms with Crippen molar-refractivity contribution in [2.24, 2.45) is 16.8 Å². The maximum atomic E-state index is 11.7. The highest BCUT2D eigenvalue weighted by atomic mass is 16.5. The number of guanidine groups is 1. The van der Waals surface area contributed by atoms with E-state index in [0.717, 1.165) is 36.4 Å². The Morgan fingerprint density at radius 2 is 1.96 bits per heavy atom. The van der Waals surface area contributed by atoms with E-state index in [1.807, 2.05) is 25.2 Å². The van der Waals surface area contributed by atoms with Crippen LogP contribution >= 0.6 is 0 Å². The summed E-state index contributed by atoms with van der Waals surface area (Å²) >= 11 is 0. The van der Waals surface area contributed by atoms with Crippen molar-refractivity contribution in [1.82, 2.24) is 15.1 Å². The van der Waals surface area contributed by atoms with Crippen LogP contribution in [0.25, 0.3) is 0 Å². The van der Waals surface area contributed by atoms with Gasteiger partial charge in [0, 0.05) is 40.8 Å². The number of likely N-dealkylation sites (tertiary alicyclic amines) is 1. The maximum absolute atomic E-state index is 11.7. The van der Waals surface area contributed by atoms with Crippen LogP contribution < -0.4 is 10.1 Å². The molecule has 2 atom stereocenters. The number of hydrogen-bond donors (Lipinski definition) is 1. The van der Waals surface area contributed by atoms with Crippen molar-refractivity contribution >= 4 is 11.9 Å². The Kier molecular flexibility index (Phi) is 6.58. The van der Waals surface area contributed by atoms with Crippen molar-refractivity contribution in [3.05, 3.63) is 29.8 Å². The number of ether oxygens (including phenoxy) is 1. The Bertz CT molecular complexity index is 660. The Hall–Kier alpha value is -2.24. The number of carbonyl (C=O) groups excluding carboxylic acids is 1. The third-order valence-corrected chi connectivity index (χ3v) is 5.70. The van der Waals surface area contributed by atoms with E-state index < -0.39 is 0 Å². The topological polar surface area (TPSA) is 57.2 Å². The van der Waals surface area contributed by atoms with E-state index in [1.165, 1.54) is 30.6 Å². The molecule has 1 saturated heterocycles. The number of fused-ring (bicyclic) bond motifs is 1. The number of rotatable bonds is 5. The summed E-state index contributed by atoms with van der Waals surface area (Å²) in [5, 5.41) is 3.49. The fourth-order valence-electron chi connectivity index (χ4n) is 4.11. The van der Waals surface area contributed by atoms with Crippen LogP contribution in [-0.4, -0.2) is 62.5 Å². The molecule has 2 aliphatic rings. The summed E-state index contributed by atoms with van der Waals surface area (Å²) in [4.78, 5) is 20.1. The third kappa shape index (κ3) is 5.15. The summed E-state index contributed by atoms with van der Waals surface area (Å²) in [6, 6.07) is 7.88. The molecule has 1 saturated carbocycles. The van der Waals surface area contributed by atoms with Gasteiger partial charge in [-0.1, -0.05) is 25.0 Å². The van der Waals surface area contributed by atoms with E-state index in [0.29, 0.717) is 12.3 Å². The predicted octanol–water partition coefficient (Wildman–Crippen LogP) is 2.35. The highest BCUT2D eigenvalue weighted by Crippen LogP contribution is 2.35. The van der Waals surface area contributed by atoms with Crippen molar-refractivity contribution < 1.29 is 9.53 Å². The third-order valence-electron chi connectivity index (χ3n) is 5.70. The molecule has 148 valence electrons. The van der Waals surface area contributed by atoms with Crippen LogP contribution in [0.4, 0.5) is 0 Å². The quantitative estimate of drug-likeness (QED) is 0.637. The lowest BCUT2D eigenvalue weighted by atomic mass is 9.82. The van der Waals surface area contributed by atoms with Crippen molar-refractivity contribution in [2.45, 2.75) is 32.2 Å². The van der Waals surface area contributed by atoms with E-state index in [9.17, 15) is 4.79 Å². The summed E-state index contributed by atoms with van der Waals surface area (Å²) in [5.41, 5.74) is 1.11. The van der Waals surface area contributed by atoms with Crippen LogP contribution in [0.15, 0.2) is 29.3 Å². The van der Waals surface area contributed by atoms with Crippen LogP contribution in [0.5, 0.6) is 5.75 Å². The number of nitrogens with one attached hydrogen (secondary N) is 1. The molecule has 1 aromatic rings. The Morgan fingerprint density at radius 3 is 2.59 bits per heavy atom. The lowest BCUT2D eigenvalue weighted by Gasteiger charge is -2.22. The number of benzene rings is 1. The zero-order valence-corrected chi connectivity index (χ0v) is 16.8. The number of hydrogen-bond acceptors (Lipinski definition) is 3. The molecule has 0 aromatic heterocycles. The van der Waals surface area contributed by atoms with Gasteiger partial charge in [0.1, 0.15) is 5.75 Å². The SMILES string of the molecule is CN=C(NCc1cccc(OCC(=O)N(C)C)c1)N1CC2CCCCC2C1. The molecule has 2 unspecified atom stereocenters. The first-order valence-corrected chi connectivity index (χ1v) is 9.94. The average Bonchev–Trinajstić information content (AvgIpc) is 3.10. The highest BCUT2D eigenvalue weighted by molar-refractivity contribution is 5.80. The Morgan fingerprint density at radius 1 is 1.26 bits per heavy atom. The molecule has 0 spiro atoms. The number of amides is 1. The van der Waals surface area contributed by atoms with Crippen molar-refractivity contribution in [2.75, 3.05) is 40.8 Å². The number of carbonyl (C=O) groups is 1. The lowest BCUT2D eigenvalue weighted by molar-refractivity contribution is -0.130. The molecule has 0 bridgehead atoms. The van der Waals surface area contributed by atoms with Crippen molar-refractivity contribution in [1.29, 1.82) is 0 Å². The van der Waals surface area contributed by atoms with Gasteiger partial charge in [0.2, 0.25) is 0 Å². The standard InChI is InChI=1S/C21H32N4O2/c1-22-21(25-13-17-8-4-5-9-18(17)14-25)23-12-16-7-6-10-19(11-16)27-15-20(26)24(2)3/h6-7,10-11,17-18H,4-5,8-9,12-15H2,1-3H3,(H,22,23). The molecule has 1 aliphatic carbocycles. The van der Waals surface area contributed by atoms with Crippen molar-refractivity contribution in [3.8, 4) is 5.75 Å². The molecule has 1 aromatic carbocycles. The van der Waals surface area contributed by atoms with Gasteiger partial charge >= 0.3 is 0 Å². The molecule has 6 nitrogen and oxygen atoms in total. The van der Waals surface area contributed by atoms with Gasteiger partial charge in [-0.2, -0.15) is 0 Å². The second-order valence-corrected chi connectivity index (χ2v) is 7.83. The van der Waals surface area contributed by atoms with E-state index >= 15 is 0 Å². The normalized spacial score (nSPS) is 22.3. The first-order chi connectivity index (χ1) is 13.1. The van der Waals surface area contributed by atoms with E-state index in [1.54, 1.807) is 14.1 Å². The molecule has 27 heavy (non-hydrogen) atoms. The smallest absolute Gasteiger partial charge is 0.259 e. The molecule has 2 fully saturated rings. The molecule has 0 radical (unpaired) electrons. The first-order valence-electron chi connectivity index (χ1n) is 9.94. The minimum absolute atomic E-state index is 0.0468. The van der Waals surface area contributed by atoms with Crippen LogP contribution in [0, 0.1) is 11.8 Å². The van der Waals surface area contributed by atoms with Gasteiger partial charge in [-0.15, -0.1) is 0 Å². The zero-order chi connectivity index (χ0) is 19.2. The number of aliphatic imine (C=N–C) groups is 1. The fourth-order valence-corrected chi connectivity index (χ4v) is 4.11. The second kappa shape index (κ2) is 9.11. The van der Waals surface area contributed by atoms with Gasteiger partial charge in [-0.3, -0.25) is 9.79 Å². The van der Waals surface area contributed by atoms with Gasteiger partial charge < -0.3 is 19.9 Å². The average molecular weight is 373 g/mol. The monoisotopic (exact) mass is 372 g/mol. The highest BCUT2D eigenvalue weighted by Gasteiger charge is 2.35.